The van der Waals surface area contributed by atoms with Crippen LogP contribution in [0.5, 0.6) is 0 Å². The number of nitrogens with zero attached hydrogens (tertiary/aromatic N) is 2. The summed E-state index contributed by atoms with van der Waals surface area (Å²) >= 11 is 0. The van der Waals surface area contributed by atoms with E-state index in [2.05, 4.69) is 16.6 Å². The van der Waals surface area contributed by atoms with E-state index in [9.17, 15) is 18.3 Å². The van der Waals surface area contributed by atoms with Gasteiger partial charge in [0.1, 0.15) is 0 Å². The van der Waals surface area contributed by atoms with Gasteiger partial charge in [0.25, 0.3) is 10.0 Å². The van der Waals surface area contributed by atoms with Crippen molar-refractivity contribution >= 4 is 27.5 Å². The molecule has 1 aromatic carbocycles. The van der Waals surface area contributed by atoms with Crippen molar-refractivity contribution in [2.75, 3.05) is 22.7 Å². The Balaban J connectivity index is 1.98. The molecule has 26 heavy (non-hydrogen) atoms. The lowest BCUT2D eigenvalue weighted by Gasteiger charge is -2.32. The Morgan fingerprint density at radius 3 is 2.50 bits per heavy atom. The van der Waals surface area contributed by atoms with E-state index < -0.39 is 16.0 Å². The van der Waals surface area contributed by atoms with Crippen LogP contribution >= 0.6 is 0 Å². The van der Waals surface area contributed by atoms with Gasteiger partial charge >= 0.3 is 5.97 Å². The smallest absolute Gasteiger partial charge is 0.337 e. The number of benzene rings is 1. The Labute approximate surface area is 152 Å². The van der Waals surface area contributed by atoms with Gasteiger partial charge in [0.05, 0.1) is 16.1 Å². The molecule has 1 aliphatic rings. The number of aromatic nitrogens is 1. The van der Waals surface area contributed by atoms with E-state index >= 15 is 0 Å². The van der Waals surface area contributed by atoms with Crippen LogP contribution in [0.4, 0.5) is 11.5 Å². The summed E-state index contributed by atoms with van der Waals surface area (Å²) in [6.07, 6.45) is 3.22. The van der Waals surface area contributed by atoms with Crippen molar-refractivity contribution in [3.05, 3.63) is 48.2 Å². The number of sulfonamides is 1. The summed E-state index contributed by atoms with van der Waals surface area (Å²) in [5, 5.41) is 9.23. The van der Waals surface area contributed by atoms with Gasteiger partial charge in [-0.1, -0.05) is 25.1 Å². The van der Waals surface area contributed by atoms with Gasteiger partial charge in [-0.15, -0.1) is 0 Å². The second-order valence-corrected chi connectivity index (χ2v) is 8.17. The Hall–Kier alpha value is -2.61. The van der Waals surface area contributed by atoms with Gasteiger partial charge in [-0.2, -0.15) is 0 Å². The number of rotatable bonds is 5. The monoisotopic (exact) mass is 375 g/mol. The van der Waals surface area contributed by atoms with E-state index in [1.54, 1.807) is 18.2 Å². The fraction of sp³-hybridized carbons (Fsp3) is 0.333. The molecule has 0 atom stereocenters. The Morgan fingerprint density at radius 1 is 1.23 bits per heavy atom. The van der Waals surface area contributed by atoms with Gasteiger partial charge in [-0.05, 0) is 37.0 Å². The van der Waals surface area contributed by atoms with E-state index in [0.29, 0.717) is 11.7 Å². The maximum absolute atomic E-state index is 12.7. The van der Waals surface area contributed by atoms with E-state index in [4.69, 9.17) is 0 Å². The lowest BCUT2D eigenvalue weighted by Crippen LogP contribution is -2.34. The van der Waals surface area contributed by atoms with Crippen LogP contribution in [0.1, 0.15) is 30.1 Å². The zero-order chi connectivity index (χ0) is 18.7. The van der Waals surface area contributed by atoms with Gasteiger partial charge in [0, 0.05) is 19.3 Å². The number of carboxylic acid groups (broad SMARTS) is 1. The summed E-state index contributed by atoms with van der Waals surface area (Å²) in [4.78, 5) is 17.6. The average Bonchev–Trinajstić information content (AvgIpc) is 2.63. The molecule has 2 heterocycles. The third-order valence-electron chi connectivity index (χ3n) is 4.49. The number of carboxylic acids is 1. The topological polar surface area (TPSA) is 99.6 Å². The molecular weight excluding hydrogens is 354 g/mol. The molecule has 0 unspecified atom stereocenters. The van der Waals surface area contributed by atoms with Crippen molar-refractivity contribution < 1.29 is 18.3 Å². The lowest BCUT2D eigenvalue weighted by molar-refractivity contribution is 0.0696. The van der Waals surface area contributed by atoms with Crippen LogP contribution in [0.3, 0.4) is 0 Å². The number of piperidine rings is 1. The first kappa shape index (κ1) is 18.2. The van der Waals surface area contributed by atoms with Crippen LogP contribution in [0.25, 0.3) is 0 Å². The molecule has 2 aromatic rings. The van der Waals surface area contributed by atoms with Crippen molar-refractivity contribution in [1.82, 2.24) is 4.98 Å². The standard InChI is InChI=1S/C18H21N3O4S/c1-13-7-9-21(10-8-13)17-16(11-14(12-19-17)18(22)23)20-26(24,25)15-5-3-2-4-6-15/h2-6,11-13,20H,7-10H2,1H3,(H,22,23). The maximum atomic E-state index is 12.7. The van der Waals surface area contributed by atoms with Crippen molar-refractivity contribution in [2.24, 2.45) is 5.92 Å². The molecule has 2 N–H and O–H groups in total. The van der Waals surface area contributed by atoms with Gasteiger partial charge in [0.15, 0.2) is 5.82 Å². The van der Waals surface area contributed by atoms with Crippen molar-refractivity contribution in [2.45, 2.75) is 24.7 Å². The largest absolute Gasteiger partial charge is 0.478 e. The highest BCUT2D eigenvalue weighted by Crippen LogP contribution is 2.30. The second kappa shape index (κ2) is 7.33. The number of nitrogens with one attached hydrogen (secondary N) is 1. The van der Waals surface area contributed by atoms with Gasteiger partial charge < -0.3 is 10.0 Å². The number of anilines is 2. The summed E-state index contributed by atoms with van der Waals surface area (Å²) in [6, 6.07) is 9.29. The summed E-state index contributed by atoms with van der Waals surface area (Å²) in [6.45, 7) is 3.68. The lowest BCUT2D eigenvalue weighted by atomic mass is 9.99. The molecule has 1 aliphatic heterocycles. The number of pyridine rings is 1. The number of carbonyl (C=O) groups is 1. The molecule has 1 fully saturated rings. The normalized spacial score (nSPS) is 15.7. The summed E-state index contributed by atoms with van der Waals surface area (Å²) in [5.41, 5.74) is 0.119. The van der Waals surface area contributed by atoms with Crippen LogP contribution in [-0.2, 0) is 10.0 Å². The van der Waals surface area contributed by atoms with E-state index in [1.807, 2.05) is 4.90 Å². The number of aromatic carboxylic acids is 1. The predicted molar refractivity (Wildman–Crippen MR) is 99.1 cm³/mol. The highest BCUT2D eigenvalue weighted by Gasteiger charge is 2.23. The Morgan fingerprint density at radius 2 is 1.88 bits per heavy atom. The molecule has 138 valence electrons. The number of hydrogen-bond donors (Lipinski definition) is 2. The summed E-state index contributed by atoms with van der Waals surface area (Å²) < 4.78 is 27.8. The minimum atomic E-state index is -3.84. The van der Waals surface area contributed by atoms with E-state index in [1.165, 1.54) is 24.4 Å². The van der Waals surface area contributed by atoms with Crippen LogP contribution in [0, 0.1) is 5.92 Å². The van der Waals surface area contributed by atoms with E-state index in [0.717, 1.165) is 25.9 Å². The SMILES string of the molecule is CC1CCN(c2ncc(C(=O)O)cc2NS(=O)(=O)c2ccccc2)CC1. The molecule has 1 saturated heterocycles. The highest BCUT2D eigenvalue weighted by atomic mass is 32.2. The molecule has 0 saturated carbocycles. The average molecular weight is 375 g/mol. The molecule has 8 heteroatoms. The third kappa shape index (κ3) is 3.96. The highest BCUT2D eigenvalue weighted by molar-refractivity contribution is 7.92. The van der Waals surface area contributed by atoms with Crippen molar-refractivity contribution in [3.8, 4) is 0 Å². The molecular formula is C18H21N3O4S. The minimum absolute atomic E-state index is 0.0649. The maximum Gasteiger partial charge on any atom is 0.337 e. The van der Waals surface area contributed by atoms with Crippen LogP contribution in [0.2, 0.25) is 0 Å². The fourth-order valence-electron chi connectivity index (χ4n) is 2.93. The second-order valence-electron chi connectivity index (χ2n) is 6.49. The summed E-state index contributed by atoms with van der Waals surface area (Å²) in [5.74, 6) is -0.0908. The van der Waals surface area contributed by atoms with Crippen molar-refractivity contribution in [1.29, 1.82) is 0 Å². The first-order chi connectivity index (χ1) is 12.4. The summed E-state index contributed by atoms with van der Waals surface area (Å²) in [7, 11) is -3.84. The minimum Gasteiger partial charge on any atom is -0.478 e. The van der Waals surface area contributed by atoms with Crippen molar-refractivity contribution in [3.63, 3.8) is 0 Å². The van der Waals surface area contributed by atoms with Gasteiger partial charge in [-0.25, -0.2) is 18.2 Å². The zero-order valence-electron chi connectivity index (χ0n) is 14.4. The van der Waals surface area contributed by atoms with Gasteiger partial charge in [0.2, 0.25) is 0 Å². The quantitative estimate of drug-likeness (QED) is 0.834. The molecule has 1 aromatic heterocycles. The molecule has 0 bridgehead atoms. The van der Waals surface area contributed by atoms with Crippen LogP contribution in [0.15, 0.2) is 47.5 Å². The Kier molecular flexibility index (Phi) is 5.13. The fourth-order valence-corrected chi connectivity index (χ4v) is 4.00. The molecule has 0 aliphatic carbocycles. The molecule has 0 radical (unpaired) electrons. The Bertz CT molecular complexity index is 892. The molecule has 7 nitrogen and oxygen atoms in total. The van der Waals surface area contributed by atoms with E-state index in [-0.39, 0.29) is 16.1 Å². The third-order valence-corrected chi connectivity index (χ3v) is 5.88. The van der Waals surface area contributed by atoms with Crippen LogP contribution in [-0.4, -0.2) is 37.6 Å². The van der Waals surface area contributed by atoms with Gasteiger partial charge in [-0.3, -0.25) is 4.72 Å². The molecule has 0 amide bonds. The zero-order valence-corrected chi connectivity index (χ0v) is 15.2. The predicted octanol–water partition coefficient (Wildman–Crippen LogP) is 2.82. The molecule has 0 spiro atoms. The number of hydrogen-bond acceptors (Lipinski definition) is 5. The first-order valence-corrected chi connectivity index (χ1v) is 9.91. The van der Waals surface area contributed by atoms with Crippen LogP contribution < -0.4 is 9.62 Å². The first-order valence-electron chi connectivity index (χ1n) is 8.43. The molecule has 3 rings (SSSR count).